The van der Waals surface area contributed by atoms with E-state index in [-0.39, 0.29) is 6.42 Å². The van der Waals surface area contributed by atoms with E-state index in [1.54, 1.807) is 18.2 Å². The summed E-state index contributed by atoms with van der Waals surface area (Å²) in [6.07, 6.45) is -0.0529. The van der Waals surface area contributed by atoms with E-state index in [9.17, 15) is 4.79 Å². The highest BCUT2D eigenvalue weighted by atomic mass is 35.5. The SMILES string of the molecule is O=C(O)Cc1cc2ccc(Cl)c(Cl)c2[nH]1. The summed E-state index contributed by atoms with van der Waals surface area (Å²) in [6, 6.07) is 5.24. The summed E-state index contributed by atoms with van der Waals surface area (Å²) < 4.78 is 0. The number of carbonyl (C=O) groups is 1. The monoisotopic (exact) mass is 243 g/mol. The Morgan fingerprint density at radius 2 is 2.13 bits per heavy atom. The molecule has 0 bridgehead atoms. The number of aliphatic carboxylic acids is 1. The molecule has 0 aliphatic heterocycles. The van der Waals surface area contributed by atoms with Crippen LogP contribution in [0.2, 0.25) is 10.0 Å². The molecular weight excluding hydrogens is 237 g/mol. The van der Waals surface area contributed by atoms with Crippen LogP contribution in [0, 0.1) is 0 Å². The van der Waals surface area contributed by atoms with E-state index in [0.717, 1.165) is 5.39 Å². The average Bonchev–Trinajstić information content (AvgIpc) is 2.54. The molecule has 0 fully saturated rings. The molecule has 0 saturated carbocycles. The smallest absolute Gasteiger partial charge is 0.309 e. The molecule has 78 valence electrons. The van der Waals surface area contributed by atoms with Crippen molar-refractivity contribution >= 4 is 40.1 Å². The lowest BCUT2D eigenvalue weighted by Gasteiger charge is -1.95. The number of halogens is 2. The highest BCUT2D eigenvalue weighted by Gasteiger charge is 2.09. The van der Waals surface area contributed by atoms with E-state index in [1.807, 2.05) is 0 Å². The lowest BCUT2D eigenvalue weighted by atomic mass is 10.2. The van der Waals surface area contributed by atoms with Gasteiger partial charge in [-0.25, -0.2) is 0 Å². The molecule has 2 rings (SSSR count). The Hall–Kier alpha value is -1.19. The molecule has 0 amide bonds. The van der Waals surface area contributed by atoms with Crippen molar-refractivity contribution in [2.45, 2.75) is 6.42 Å². The molecule has 0 aliphatic rings. The summed E-state index contributed by atoms with van der Waals surface area (Å²) in [5.74, 6) is -0.885. The summed E-state index contributed by atoms with van der Waals surface area (Å²) in [7, 11) is 0. The van der Waals surface area contributed by atoms with Gasteiger partial charge >= 0.3 is 5.97 Å². The minimum Gasteiger partial charge on any atom is -0.481 e. The van der Waals surface area contributed by atoms with Crippen LogP contribution in [0.25, 0.3) is 10.9 Å². The van der Waals surface area contributed by atoms with E-state index in [1.165, 1.54) is 0 Å². The van der Waals surface area contributed by atoms with Crippen molar-refractivity contribution in [2.75, 3.05) is 0 Å². The van der Waals surface area contributed by atoms with Gasteiger partial charge in [0.25, 0.3) is 0 Å². The summed E-state index contributed by atoms with van der Waals surface area (Å²) in [6.45, 7) is 0. The van der Waals surface area contributed by atoms with Crippen molar-refractivity contribution in [2.24, 2.45) is 0 Å². The van der Waals surface area contributed by atoms with Crippen LogP contribution in [0.3, 0.4) is 0 Å². The molecule has 1 heterocycles. The maximum atomic E-state index is 10.5. The Morgan fingerprint density at radius 1 is 1.40 bits per heavy atom. The van der Waals surface area contributed by atoms with Gasteiger partial charge in [-0.1, -0.05) is 29.3 Å². The third kappa shape index (κ3) is 1.94. The first kappa shape index (κ1) is 10.3. The van der Waals surface area contributed by atoms with Crippen LogP contribution in [0.15, 0.2) is 18.2 Å². The molecule has 0 saturated heterocycles. The fourth-order valence-electron chi connectivity index (χ4n) is 1.46. The van der Waals surface area contributed by atoms with Crippen molar-refractivity contribution < 1.29 is 9.90 Å². The molecule has 1 aromatic carbocycles. The average molecular weight is 244 g/mol. The molecule has 0 aliphatic carbocycles. The molecule has 5 heteroatoms. The molecule has 0 unspecified atom stereocenters. The third-order valence-electron chi connectivity index (χ3n) is 2.08. The van der Waals surface area contributed by atoms with E-state index < -0.39 is 5.97 Å². The van der Waals surface area contributed by atoms with E-state index >= 15 is 0 Å². The van der Waals surface area contributed by atoms with Crippen LogP contribution < -0.4 is 0 Å². The zero-order valence-electron chi connectivity index (χ0n) is 7.55. The topological polar surface area (TPSA) is 53.1 Å². The van der Waals surface area contributed by atoms with E-state index in [2.05, 4.69) is 4.98 Å². The van der Waals surface area contributed by atoms with Gasteiger partial charge in [0.1, 0.15) is 0 Å². The van der Waals surface area contributed by atoms with Gasteiger partial charge in [-0.3, -0.25) is 4.79 Å². The van der Waals surface area contributed by atoms with Gasteiger partial charge in [-0.05, 0) is 12.1 Å². The van der Waals surface area contributed by atoms with Gasteiger partial charge in [0.05, 0.1) is 22.0 Å². The van der Waals surface area contributed by atoms with Gasteiger partial charge < -0.3 is 10.1 Å². The second-order valence-corrected chi connectivity index (χ2v) is 3.98. The van der Waals surface area contributed by atoms with Gasteiger partial charge in [0.2, 0.25) is 0 Å². The van der Waals surface area contributed by atoms with E-state index in [0.29, 0.717) is 21.3 Å². The number of hydrogen-bond donors (Lipinski definition) is 2. The number of carboxylic acid groups (broad SMARTS) is 1. The first-order valence-electron chi connectivity index (χ1n) is 4.25. The number of rotatable bonds is 2. The van der Waals surface area contributed by atoms with Crippen LogP contribution in [-0.4, -0.2) is 16.1 Å². The molecule has 3 nitrogen and oxygen atoms in total. The number of hydrogen-bond acceptors (Lipinski definition) is 1. The Morgan fingerprint density at radius 3 is 2.80 bits per heavy atom. The minimum atomic E-state index is -0.885. The van der Waals surface area contributed by atoms with Crippen molar-refractivity contribution in [3.63, 3.8) is 0 Å². The largest absolute Gasteiger partial charge is 0.481 e. The van der Waals surface area contributed by atoms with Crippen molar-refractivity contribution in [3.05, 3.63) is 33.9 Å². The zero-order chi connectivity index (χ0) is 11.0. The molecule has 2 aromatic rings. The van der Waals surface area contributed by atoms with Gasteiger partial charge in [-0.15, -0.1) is 0 Å². The zero-order valence-corrected chi connectivity index (χ0v) is 9.06. The maximum Gasteiger partial charge on any atom is 0.309 e. The minimum absolute atomic E-state index is 0.0529. The number of aromatic amines is 1. The Bertz CT molecular complexity index is 533. The van der Waals surface area contributed by atoms with Gasteiger partial charge in [-0.2, -0.15) is 0 Å². The van der Waals surface area contributed by atoms with Crippen molar-refractivity contribution in [1.29, 1.82) is 0 Å². The molecule has 2 N–H and O–H groups in total. The van der Waals surface area contributed by atoms with Gasteiger partial charge in [0, 0.05) is 11.1 Å². The lowest BCUT2D eigenvalue weighted by molar-refractivity contribution is -0.136. The van der Waals surface area contributed by atoms with Crippen LogP contribution in [0.4, 0.5) is 0 Å². The molecule has 15 heavy (non-hydrogen) atoms. The van der Waals surface area contributed by atoms with Crippen molar-refractivity contribution in [3.8, 4) is 0 Å². The molecule has 0 radical (unpaired) electrons. The quantitative estimate of drug-likeness (QED) is 0.852. The van der Waals surface area contributed by atoms with Crippen molar-refractivity contribution in [1.82, 2.24) is 4.98 Å². The Balaban J connectivity index is 2.56. The molecular formula is C10H7Cl2NO2. The highest BCUT2D eigenvalue weighted by molar-refractivity contribution is 6.45. The number of H-pyrrole nitrogens is 1. The standard InChI is InChI=1S/C10H7Cl2NO2/c11-7-2-1-5-3-6(4-8(14)15)13-10(5)9(7)12/h1-3,13H,4H2,(H,14,15). The first-order valence-corrected chi connectivity index (χ1v) is 5.01. The second kappa shape index (κ2) is 3.76. The van der Waals surface area contributed by atoms with Gasteiger partial charge in [0.15, 0.2) is 0 Å². The molecule has 1 aromatic heterocycles. The number of carboxylic acids is 1. The number of benzene rings is 1. The fraction of sp³-hybridized carbons (Fsp3) is 0.100. The number of fused-ring (bicyclic) bond motifs is 1. The van der Waals surface area contributed by atoms with Crippen LogP contribution in [0.1, 0.15) is 5.69 Å². The first-order chi connectivity index (χ1) is 7.08. The summed E-state index contributed by atoms with van der Waals surface area (Å²) in [4.78, 5) is 13.5. The normalized spacial score (nSPS) is 10.8. The Labute approximate surface area is 95.6 Å². The molecule has 0 atom stereocenters. The van der Waals surface area contributed by atoms with Crippen LogP contribution in [0.5, 0.6) is 0 Å². The summed E-state index contributed by atoms with van der Waals surface area (Å²) >= 11 is 11.8. The highest BCUT2D eigenvalue weighted by Crippen LogP contribution is 2.30. The van der Waals surface area contributed by atoms with Crippen LogP contribution in [-0.2, 0) is 11.2 Å². The predicted octanol–water partition coefficient (Wildman–Crippen LogP) is 3.10. The lowest BCUT2D eigenvalue weighted by Crippen LogP contribution is -1.99. The van der Waals surface area contributed by atoms with Crippen LogP contribution >= 0.6 is 23.2 Å². The number of aromatic nitrogens is 1. The maximum absolute atomic E-state index is 10.5. The summed E-state index contributed by atoms with van der Waals surface area (Å²) in [5.41, 5.74) is 1.29. The number of nitrogens with one attached hydrogen (secondary N) is 1. The summed E-state index contributed by atoms with van der Waals surface area (Å²) in [5, 5.41) is 10.4. The Kier molecular flexibility index (Phi) is 2.59. The van der Waals surface area contributed by atoms with E-state index in [4.69, 9.17) is 28.3 Å². The second-order valence-electron chi connectivity index (χ2n) is 3.19. The molecule has 0 spiro atoms. The predicted molar refractivity (Wildman–Crippen MR) is 59.7 cm³/mol. The fourth-order valence-corrected chi connectivity index (χ4v) is 1.83. The third-order valence-corrected chi connectivity index (χ3v) is 2.89.